The van der Waals surface area contributed by atoms with Crippen LogP contribution in [0.5, 0.6) is 17.2 Å². The fourth-order valence-corrected chi connectivity index (χ4v) is 3.77. The topological polar surface area (TPSA) is 104 Å². The molecular weight excluding hydrogens is 466 g/mol. The number of phenolic OH excluding ortho intramolecular Hbond substituents is 1. The van der Waals surface area contributed by atoms with Gasteiger partial charge in [-0.25, -0.2) is 5.43 Å². The molecule has 0 saturated heterocycles. The number of nitrogens with one attached hydrogen (secondary N) is 1. The monoisotopic (exact) mass is 485 g/mol. The van der Waals surface area contributed by atoms with Crippen molar-refractivity contribution in [3.8, 4) is 23.3 Å². The van der Waals surface area contributed by atoms with Gasteiger partial charge in [0.25, 0.3) is 5.91 Å². The first-order valence-corrected chi connectivity index (χ1v) is 10.9. The van der Waals surface area contributed by atoms with E-state index in [4.69, 9.17) is 21.1 Å². The minimum absolute atomic E-state index is 0.109. The maximum absolute atomic E-state index is 12.5. The van der Waals surface area contributed by atoms with Crippen molar-refractivity contribution < 1.29 is 19.4 Å². The molecule has 35 heavy (non-hydrogen) atoms. The van der Waals surface area contributed by atoms with E-state index in [1.54, 1.807) is 36.4 Å². The number of benzene rings is 4. The van der Waals surface area contributed by atoms with Gasteiger partial charge in [-0.3, -0.25) is 4.79 Å². The van der Waals surface area contributed by atoms with Crippen molar-refractivity contribution in [2.24, 2.45) is 5.10 Å². The SMILES string of the molecule is COc1cc(C=NNC(=O)c2cc3ccccc3cc2O)cc(Cl)c1OCc1ccccc1C#N. The number of nitrogens with zero attached hydrogens (tertiary/aromatic N) is 2. The highest BCUT2D eigenvalue weighted by molar-refractivity contribution is 6.32. The Labute approximate surface area is 206 Å². The molecular formula is C27H20ClN3O4. The van der Waals surface area contributed by atoms with E-state index in [9.17, 15) is 15.2 Å². The number of carbonyl (C=O) groups excluding carboxylic acids is 1. The zero-order valence-electron chi connectivity index (χ0n) is 18.7. The first kappa shape index (κ1) is 23.6. The highest BCUT2D eigenvalue weighted by Crippen LogP contribution is 2.36. The zero-order chi connectivity index (χ0) is 24.8. The molecule has 1 amide bonds. The largest absolute Gasteiger partial charge is 0.507 e. The van der Waals surface area contributed by atoms with E-state index in [2.05, 4.69) is 16.6 Å². The number of phenols is 1. The number of ether oxygens (including phenoxy) is 2. The molecule has 4 aromatic carbocycles. The van der Waals surface area contributed by atoms with Crippen LogP contribution in [0, 0.1) is 11.3 Å². The van der Waals surface area contributed by atoms with E-state index in [0.29, 0.717) is 22.6 Å². The quantitative estimate of drug-likeness (QED) is 0.268. The summed E-state index contributed by atoms with van der Waals surface area (Å²) >= 11 is 6.41. The average Bonchev–Trinajstić information content (AvgIpc) is 2.87. The van der Waals surface area contributed by atoms with Gasteiger partial charge in [-0.2, -0.15) is 10.4 Å². The van der Waals surface area contributed by atoms with Gasteiger partial charge in [-0.15, -0.1) is 0 Å². The molecule has 0 bridgehead atoms. The average molecular weight is 486 g/mol. The summed E-state index contributed by atoms with van der Waals surface area (Å²) in [6, 6.07) is 23.1. The lowest BCUT2D eigenvalue weighted by molar-refractivity contribution is 0.0952. The Morgan fingerprint density at radius 2 is 1.83 bits per heavy atom. The van der Waals surface area contributed by atoms with Crippen LogP contribution in [0.3, 0.4) is 0 Å². The second-order valence-corrected chi connectivity index (χ2v) is 7.91. The number of carbonyl (C=O) groups is 1. The van der Waals surface area contributed by atoms with E-state index in [0.717, 1.165) is 16.3 Å². The molecule has 0 spiro atoms. The lowest BCUT2D eigenvalue weighted by Gasteiger charge is -2.14. The van der Waals surface area contributed by atoms with Gasteiger partial charge in [0, 0.05) is 5.56 Å². The molecule has 8 heteroatoms. The van der Waals surface area contributed by atoms with Crippen LogP contribution in [0.4, 0.5) is 0 Å². The van der Waals surface area contributed by atoms with Crippen molar-refractivity contribution >= 4 is 34.5 Å². The predicted octanol–water partition coefficient (Wildman–Crippen LogP) is 5.42. The number of rotatable bonds is 7. The summed E-state index contributed by atoms with van der Waals surface area (Å²) in [6.07, 6.45) is 1.40. The summed E-state index contributed by atoms with van der Waals surface area (Å²) in [7, 11) is 1.48. The number of amides is 1. The maximum Gasteiger partial charge on any atom is 0.275 e. The molecule has 0 aliphatic heterocycles. The van der Waals surface area contributed by atoms with Crippen LogP contribution in [0.1, 0.15) is 27.0 Å². The van der Waals surface area contributed by atoms with Crippen LogP contribution in [-0.4, -0.2) is 24.3 Å². The van der Waals surface area contributed by atoms with Crippen LogP contribution in [0.15, 0.2) is 77.9 Å². The van der Waals surface area contributed by atoms with E-state index in [1.807, 2.05) is 30.3 Å². The highest BCUT2D eigenvalue weighted by Gasteiger charge is 2.14. The molecule has 0 fully saturated rings. The van der Waals surface area contributed by atoms with Gasteiger partial charge in [0.15, 0.2) is 11.5 Å². The Balaban J connectivity index is 1.48. The fraction of sp³-hybridized carbons (Fsp3) is 0.0741. The van der Waals surface area contributed by atoms with Gasteiger partial charge < -0.3 is 14.6 Å². The van der Waals surface area contributed by atoms with Crippen molar-refractivity contribution in [3.05, 3.63) is 100 Å². The summed E-state index contributed by atoms with van der Waals surface area (Å²) in [5, 5.41) is 25.4. The number of hydrogen-bond donors (Lipinski definition) is 2. The molecule has 0 unspecified atom stereocenters. The first-order chi connectivity index (χ1) is 17.0. The third kappa shape index (κ3) is 5.35. The molecule has 4 aromatic rings. The van der Waals surface area contributed by atoms with E-state index in [1.165, 1.54) is 19.4 Å². The number of fused-ring (bicyclic) bond motifs is 1. The van der Waals surface area contributed by atoms with Gasteiger partial charge in [0.2, 0.25) is 0 Å². The van der Waals surface area contributed by atoms with Gasteiger partial charge in [0.1, 0.15) is 12.4 Å². The van der Waals surface area contributed by atoms with E-state index >= 15 is 0 Å². The van der Waals surface area contributed by atoms with Crippen LogP contribution >= 0.6 is 11.6 Å². The Morgan fingerprint density at radius 3 is 2.57 bits per heavy atom. The number of aromatic hydroxyl groups is 1. The summed E-state index contributed by atoms with van der Waals surface area (Å²) in [4.78, 5) is 12.5. The van der Waals surface area contributed by atoms with Gasteiger partial charge in [0.05, 0.1) is 35.5 Å². The molecule has 0 saturated carbocycles. The van der Waals surface area contributed by atoms with E-state index < -0.39 is 5.91 Å². The molecule has 7 nitrogen and oxygen atoms in total. The van der Waals surface area contributed by atoms with Crippen molar-refractivity contribution in [3.63, 3.8) is 0 Å². The normalized spacial score (nSPS) is 10.8. The summed E-state index contributed by atoms with van der Waals surface area (Å²) in [5.41, 5.74) is 4.31. The third-order valence-corrected chi connectivity index (χ3v) is 5.53. The number of methoxy groups -OCH3 is 1. The first-order valence-electron chi connectivity index (χ1n) is 10.5. The predicted molar refractivity (Wildman–Crippen MR) is 134 cm³/mol. The lowest BCUT2D eigenvalue weighted by atomic mass is 10.1. The maximum atomic E-state index is 12.5. The Kier molecular flexibility index (Phi) is 7.15. The number of nitriles is 1. The molecule has 0 heterocycles. The Bertz CT molecular complexity index is 1480. The Morgan fingerprint density at radius 1 is 1.11 bits per heavy atom. The summed E-state index contributed by atoms with van der Waals surface area (Å²) in [6.45, 7) is 0.137. The van der Waals surface area contributed by atoms with Gasteiger partial charge in [-0.1, -0.05) is 54.1 Å². The van der Waals surface area contributed by atoms with Crippen LogP contribution < -0.4 is 14.9 Å². The molecule has 174 valence electrons. The second-order valence-electron chi connectivity index (χ2n) is 7.51. The third-order valence-electron chi connectivity index (χ3n) is 5.25. The van der Waals surface area contributed by atoms with Crippen molar-refractivity contribution in [2.75, 3.05) is 7.11 Å². The molecule has 0 aromatic heterocycles. The zero-order valence-corrected chi connectivity index (χ0v) is 19.4. The van der Waals surface area contributed by atoms with Gasteiger partial charge in [-0.05, 0) is 46.7 Å². The van der Waals surface area contributed by atoms with Crippen molar-refractivity contribution in [1.82, 2.24) is 5.43 Å². The molecule has 0 aliphatic rings. The smallest absolute Gasteiger partial charge is 0.275 e. The summed E-state index contributed by atoms with van der Waals surface area (Å²) < 4.78 is 11.2. The molecule has 0 radical (unpaired) electrons. The van der Waals surface area contributed by atoms with Crippen molar-refractivity contribution in [2.45, 2.75) is 6.61 Å². The molecule has 2 N–H and O–H groups in total. The highest BCUT2D eigenvalue weighted by atomic mass is 35.5. The summed E-state index contributed by atoms with van der Waals surface area (Å²) in [5.74, 6) is -0.00432. The number of hydrogen-bond acceptors (Lipinski definition) is 6. The molecule has 4 rings (SSSR count). The fourth-order valence-electron chi connectivity index (χ4n) is 3.50. The van der Waals surface area contributed by atoms with Crippen LogP contribution in [-0.2, 0) is 6.61 Å². The van der Waals surface area contributed by atoms with Crippen molar-refractivity contribution in [1.29, 1.82) is 5.26 Å². The lowest BCUT2D eigenvalue weighted by Crippen LogP contribution is -2.17. The van der Waals surface area contributed by atoms with E-state index in [-0.39, 0.29) is 22.9 Å². The number of halogens is 1. The van der Waals surface area contributed by atoms with Gasteiger partial charge >= 0.3 is 0 Å². The minimum atomic E-state index is -0.557. The van der Waals surface area contributed by atoms with Crippen LogP contribution in [0.2, 0.25) is 5.02 Å². The Hall–Kier alpha value is -4.54. The standard InChI is InChI=1S/C27H20ClN3O4/c1-34-25-11-17(10-23(28)26(25)35-16-21-9-5-4-8-20(21)14-29)15-30-31-27(33)22-12-18-6-2-3-7-19(18)13-24(22)32/h2-13,15,32H,16H2,1H3,(H,31,33). The number of hydrazone groups is 1. The minimum Gasteiger partial charge on any atom is -0.507 e. The molecule has 0 atom stereocenters. The molecule has 0 aliphatic carbocycles. The second kappa shape index (κ2) is 10.6. The van der Waals surface area contributed by atoms with Crippen LogP contribution in [0.25, 0.3) is 10.8 Å².